The van der Waals surface area contributed by atoms with Gasteiger partial charge in [-0.1, -0.05) is 42.5 Å². The Balaban J connectivity index is 0.000000114. The molecule has 0 radical (unpaired) electrons. The molecule has 0 atom stereocenters. The quantitative estimate of drug-likeness (QED) is 0.0626. The maximum Gasteiger partial charge on any atom is 0.249 e. The van der Waals surface area contributed by atoms with Crippen LogP contribution in [-0.4, -0.2) is 69.4 Å². The van der Waals surface area contributed by atoms with Crippen LogP contribution in [0.1, 0.15) is 51.8 Å². The van der Waals surface area contributed by atoms with E-state index in [1.807, 2.05) is 156 Å². The van der Waals surface area contributed by atoms with E-state index in [0.717, 1.165) is 110 Å². The number of nitrogens with two attached hydrogens (primary N) is 5. The van der Waals surface area contributed by atoms with Gasteiger partial charge in [-0.15, -0.1) is 11.3 Å². The molecule has 10 aromatic heterocycles. The average Bonchev–Trinajstić information content (AvgIpc) is 3.79. The Labute approximate surface area is 509 Å². The first kappa shape index (κ1) is 57.8. The molecule has 0 saturated heterocycles. The first-order valence-corrected chi connectivity index (χ1v) is 29.0. The second-order valence-electron chi connectivity index (χ2n) is 19.8. The van der Waals surface area contributed by atoms with Gasteiger partial charge < -0.3 is 53.6 Å². The summed E-state index contributed by atoms with van der Waals surface area (Å²) < 4.78 is 0. The molecule has 88 heavy (non-hydrogen) atoms. The lowest BCUT2D eigenvalue weighted by molar-refractivity contribution is 0.0993. The fourth-order valence-electron chi connectivity index (χ4n) is 10.0. The van der Waals surface area contributed by atoms with Crippen molar-refractivity contribution in [2.45, 2.75) is 0 Å². The van der Waals surface area contributed by atoms with Crippen molar-refractivity contribution in [3.05, 3.63) is 257 Å². The molecule has 15 aromatic rings. The number of hydrogen-bond acceptors (Lipinski definition) is 10. The Bertz CT molecular complexity index is 4550. The fraction of sp³-hybridized carbons (Fsp3) is 0. The van der Waals surface area contributed by atoms with Gasteiger partial charge in [0.05, 0.1) is 22.0 Å². The fourth-order valence-corrected chi connectivity index (χ4v) is 11.4. The molecule has 432 valence electrons. The predicted octanol–water partition coefficient (Wildman–Crippen LogP) is 13.0. The third-order valence-electron chi connectivity index (χ3n) is 14.2. The van der Waals surface area contributed by atoms with Gasteiger partial charge in [0.25, 0.3) is 0 Å². The van der Waals surface area contributed by atoms with Crippen molar-refractivity contribution in [1.82, 2.24) is 39.9 Å². The highest BCUT2D eigenvalue weighted by molar-refractivity contribution is 7.13. The van der Waals surface area contributed by atoms with Gasteiger partial charge in [0.15, 0.2) is 0 Å². The molecule has 5 aromatic carbocycles. The largest absolute Gasteiger partial charge is 0.366 e. The maximum atomic E-state index is 11.4. The lowest BCUT2D eigenvalue weighted by Crippen LogP contribution is -2.10. The number of aromatic nitrogens is 8. The van der Waals surface area contributed by atoms with E-state index in [9.17, 15) is 24.0 Å². The van der Waals surface area contributed by atoms with E-state index in [4.69, 9.17) is 28.7 Å². The molecule has 15 N–H and O–H groups in total. The van der Waals surface area contributed by atoms with Crippen molar-refractivity contribution < 1.29 is 24.0 Å². The second-order valence-corrected chi connectivity index (χ2v) is 21.5. The molecule has 0 bridgehead atoms. The van der Waals surface area contributed by atoms with Gasteiger partial charge >= 0.3 is 0 Å². The minimum atomic E-state index is -0.424. The molecular weight excluding hydrogens is 1140 g/mol. The van der Waals surface area contributed by atoms with Crippen molar-refractivity contribution in [2.24, 2.45) is 28.7 Å². The zero-order valence-electron chi connectivity index (χ0n) is 46.5. The van der Waals surface area contributed by atoms with Gasteiger partial charge in [0.1, 0.15) is 0 Å². The van der Waals surface area contributed by atoms with Crippen LogP contribution < -0.4 is 28.7 Å². The number of nitrogens with one attached hydrogen (secondary N) is 5. The normalized spacial score (nSPS) is 10.7. The number of carbonyl (C=O) groups is 5. The first-order valence-electron chi connectivity index (χ1n) is 27.1. The van der Waals surface area contributed by atoms with E-state index in [2.05, 4.69) is 45.3 Å². The zero-order valence-corrected chi connectivity index (χ0v) is 48.2. The number of rotatable bonds is 10. The highest BCUT2D eigenvalue weighted by Crippen LogP contribution is 2.32. The number of thiophene rings is 2. The molecule has 0 saturated carbocycles. The first-order chi connectivity index (χ1) is 42.8. The average molecular weight is 1200 g/mol. The summed E-state index contributed by atoms with van der Waals surface area (Å²) in [4.78, 5) is 86.5. The number of carbonyl (C=O) groups excluding carboxylic acids is 5. The number of benzene rings is 5. The molecule has 0 aliphatic heterocycles. The van der Waals surface area contributed by atoms with Gasteiger partial charge in [0.2, 0.25) is 29.5 Å². The molecule has 0 spiro atoms. The van der Waals surface area contributed by atoms with Gasteiger partial charge in [-0.2, -0.15) is 11.3 Å². The summed E-state index contributed by atoms with van der Waals surface area (Å²) in [6.45, 7) is 0. The van der Waals surface area contributed by atoms with E-state index in [1.54, 1.807) is 90.1 Å². The number of H-pyrrole nitrogens is 5. The van der Waals surface area contributed by atoms with Gasteiger partial charge in [-0.05, 0) is 150 Å². The Morgan fingerprint density at radius 3 is 1.17 bits per heavy atom. The van der Waals surface area contributed by atoms with Crippen molar-refractivity contribution in [3.63, 3.8) is 0 Å². The van der Waals surface area contributed by atoms with Crippen molar-refractivity contribution in [1.29, 1.82) is 0 Å². The molecule has 18 nitrogen and oxygen atoms in total. The summed E-state index contributed by atoms with van der Waals surface area (Å²) in [6.07, 6.45) is 8.69. The van der Waals surface area contributed by atoms with Gasteiger partial charge in [-0.25, -0.2) is 0 Å². The highest BCUT2D eigenvalue weighted by atomic mass is 32.1. The molecule has 5 amide bonds. The third kappa shape index (κ3) is 12.7. The smallest absolute Gasteiger partial charge is 0.249 e. The van der Waals surface area contributed by atoms with E-state index in [-0.39, 0.29) is 0 Å². The summed E-state index contributed by atoms with van der Waals surface area (Å²) in [5, 5.41) is 10.4. The molecule has 0 unspecified atom stereocenters. The van der Waals surface area contributed by atoms with Crippen molar-refractivity contribution >= 4 is 107 Å². The van der Waals surface area contributed by atoms with Crippen LogP contribution in [0.5, 0.6) is 0 Å². The minimum Gasteiger partial charge on any atom is -0.366 e. The van der Waals surface area contributed by atoms with Crippen LogP contribution in [0.3, 0.4) is 0 Å². The number of amides is 5. The molecule has 10 heterocycles. The highest BCUT2D eigenvalue weighted by Gasteiger charge is 2.15. The van der Waals surface area contributed by atoms with Crippen molar-refractivity contribution in [2.75, 3.05) is 0 Å². The maximum absolute atomic E-state index is 11.4. The van der Waals surface area contributed by atoms with Crippen LogP contribution in [0.4, 0.5) is 0 Å². The summed E-state index contributed by atoms with van der Waals surface area (Å²) in [5.41, 5.74) is 42.8. The molecule has 15 rings (SSSR count). The van der Waals surface area contributed by atoms with Crippen LogP contribution in [0.15, 0.2) is 229 Å². The zero-order chi connectivity index (χ0) is 61.3. The SMILES string of the molecule is NC(=O)c1cccc2[nH]c(-c3ccccn3)cc12.NC(=O)c1cccc2[nH]c(-c3cccnc3)cc12.NC(=O)c1cccc2[nH]c(-c3cccs3)cc12.NC(=O)c1cccc2[nH]c(-c3ccncc3)cc12.NC(=O)c1cccc2[nH]c(-c3ccsc3)cc12. The van der Waals surface area contributed by atoms with Gasteiger partial charge in [0, 0.05) is 152 Å². The van der Waals surface area contributed by atoms with Crippen LogP contribution in [0.2, 0.25) is 0 Å². The van der Waals surface area contributed by atoms with Crippen molar-refractivity contribution in [3.8, 4) is 55.7 Å². The molecular formula is C68H53N13O5S2. The Hall–Kier alpha value is -12.0. The molecule has 0 aliphatic rings. The van der Waals surface area contributed by atoms with E-state index >= 15 is 0 Å². The number of aromatic amines is 5. The number of hydrogen-bond donors (Lipinski definition) is 10. The van der Waals surface area contributed by atoms with Crippen LogP contribution >= 0.6 is 22.7 Å². The Morgan fingerprint density at radius 1 is 0.341 bits per heavy atom. The predicted molar refractivity (Wildman–Crippen MR) is 350 cm³/mol. The summed E-state index contributed by atoms with van der Waals surface area (Å²) in [6, 6.07) is 56.5. The van der Waals surface area contributed by atoms with E-state index in [1.165, 1.54) is 0 Å². The lowest BCUT2D eigenvalue weighted by atomic mass is 10.1. The minimum absolute atomic E-state index is 0.396. The van der Waals surface area contributed by atoms with E-state index in [0.29, 0.717) is 27.8 Å². The molecule has 20 heteroatoms. The topological polar surface area (TPSA) is 333 Å². The summed E-state index contributed by atoms with van der Waals surface area (Å²) in [7, 11) is 0. The number of pyridine rings is 3. The number of nitrogens with zero attached hydrogens (tertiary/aromatic N) is 3. The summed E-state index contributed by atoms with van der Waals surface area (Å²) >= 11 is 3.30. The molecule has 0 aliphatic carbocycles. The van der Waals surface area contributed by atoms with Gasteiger partial charge in [-0.3, -0.25) is 38.9 Å². The van der Waals surface area contributed by atoms with Crippen LogP contribution in [-0.2, 0) is 0 Å². The summed E-state index contributed by atoms with van der Waals surface area (Å²) in [5.74, 6) is -2.05. The monoisotopic (exact) mass is 1200 g/mol. The van der Waals surface area contributed by atoms with E-state index < -0.39 is 29.5 Å². The number of fused-ring (bicyclic) bond motifs is 5. The lowest BCUT2D eigenvalue weighted by Gasteiger charge is -1.95. The second kappa shape index (κ2) is 25.9. The van der Waals surface area contributed by atoms with Crippen LogP contribution in [0, 0.1) is 0 Å². The number of primary amides is 5. The van der Waals surface area contributed by atoms with Crippen LogP contribution in [0.25, 0.3) is 110 Å². The molecule has 0 fully saturated rings. The Morgan fingerprint density at radius 2 is 0.773 bits per heavy atom. The Kier molecular flexibility index (Phi) is 17.0. The third-order valence-corrected chi connectivity index (χ3v) is 15.8. The standard InChI is InChI=1S/3C14H11N3O.2C13H10N2OS/c15-14(18)10-4-1-5-12-11(10)7-13(17-12)9-3-2-6-16-8-9;15-14(18)9-4-3-6-11-10(9)8-13(17-11)12-5-1-2-7-16-12;15-14(18)10-2-1-3-12-11(10)8-13(17-12)9-4-6-16-7-5-9;14-13(16)8-3-1-4-10-9(8)7-11(15-10)12-5-2-6-17-12;14-13(16)9-2-1-3-11-10(9)6-12(15-11)8-4-5-17-7-8/h3*1-8,17H,(H2,15,18);2*1-7,15H,(H2,14,16).